The summed E-state index contributed by atoms with van der Waals surface area (Å²) >= 11 is 1.23. The zero-order valence-corrected chi connectivity index (χ0v) is 14.2. The van der Waals surface area contributed by atoms with E-state index in [1.54, 1.807) is 41.8 Å². The van der Waals surface area contributed by atoms with Crippen LogP contribution in [0.1, 0.15) is 15.2 Å². The number of thiophene rings is 1. The molecule has 134 valence electrons. The summed E-state index contributed by atoms with van der Waals surface area (Å²) < 4.78 is 26.5. The summed E-state index contributed by atoms with van der Waals surface area (Å²) in [6.07, 6.45) is 0.192. The average Bonchev–Trinajstić information content (AvgIpc) is 3.15. The fourth-order valence-corrected chi connectivity index (χ4v) is 2.73. The molecule has 0 aliphatic carbocycles. The summed E-state index contributed by atoms with van der Waals surface area (Å²) in [6.45, 7) is -1.74. The number of carbonyl (C=O) groups excluding carboxylic acids is 2. The molecule has 8 heteroatoms. The Labute approximate surface area is 148 Å². The maximum absolute atomic E-state index is 13.3. The minimum atomic E-state index is -3.19. The first kappa shape index (κ1) is 19.0. The summed E-state index contributed by atoms with van der Waals surface area (Å²) in [4.78, 5) is 25.0. The Kier molecular flexibility index (Phi) is 6.60. The molecule has 0 fully saturated rings. The Morgan fingerprint density at radius 2 is 1.88 bits per heavy atom. The van der Waals surface area contributed by atoms with E-state index >= 15 is 0 Å². The van der Waals surface area contributed by atoms with Gasteiger partial charge in [0.15, 0.2) is 0 Å². The van der Waals surface area contributed by atoms with Gasteiger partial charge in [-0.2, -0.15) is 0 Å². The summed E-state index contributed by atoms with van der Waals surface area (Å²) in [6, 6.07) is 11.4. The zero-order chi connectivity index (χ0) is 18.3. The quantitative estimate of drug-likeness (QED) is 0.665. The van der Waals surface area contributed by atoms with E-state index in [0.29, 0.717) is 4.88 Å². The van der Waals surface area contributed by atoms with Crippen molar-refractivity contribution in [3.63, 3.8) is 0 Å². The predicted octanol–water partition coefficient (Wildman–Crippen LogP) is 1.80. The van der Waals surface area contributed by atoms with E-state index in [1.807, 2.05) is 6.07 Å². The van der Waals surface area contributed by atoms with Crippen LogP contribution in [0.3, 0.4) is 0 Å². The van der Waals surface area contributed by atoms with Gasteiger partial charge in [-0.15, -0.1) is 11.3 Å². The summed E-state index contributed by atoms with van der Waals surface area (Å²) in [5.41, 5.74) is 5.77. The fourth-order valence-electron chi connectivity index (χ4n) is 2.11. The van der Waals surface area contributed by atoms with Crippen LogP contribution >= 0.6 is 11.3 Å². The van der Waals surface area contributed by atoms with Gasteiger partial charge in [-0.1, -0.05) is 36.4 Å². The van der Waals surface area contributed by atoms with E-state index in [0.717, 1.165) is 5.56 Å². The number of alkyl halides is 2. The molecule has 1 aromatic carbocycles. The molecular weight excluding hydrogens is 348 g/mol. The molecule has 2 aromatic rings. The van der Waals surface area contributed by atoms with Gasteiger partial charge < -0.3 is 16.4 Å². The zero-order valence-electron chi connectivity index (χ0n) is 13.4. The van der Waals surface area contributed by atoms with Crippen molar-refractivity contribution in [2.75, 3.05) is 13.1 Å². The third-order valence-electron chi connectivity index (χ3n) is 3.47. The molecule has 2 rings (SSSR count). The van der Waals surface area contributed by atoms with Gasteiger partial charge in [0.2, 0.25) is 5.91 Å². The molecule has 1 unspecified atom stereocenters. The van der Waals surface area contributed by atoms with Crippen molar-refractivity contribution in [2.24, 2.45) is 5.73 Å². The van der Waals surface area contributed by atoms with Crippen molar-refractivity contribution in [1.82, 2.24) is 10.6 Å². The molecule has 1 aromatic heterocycles. The highest BCUT2D eigenvalue weighted by Gasteiger charge is 2.29. The lowest BCUT2D eigenvalue weighted by molar-refractivity contribution is -0.124. The van der Waals surface area contributed by atoms with E-state index in [-0.39, 0.29) is 6.42 Å². The van der Waals surface area contributed by atoms with Crippen molar-refractivity contribution in [3.8, 4) is 0 Å². The highest BCUT2D eigenvalue weighted by molar-refractivity contribution is 7.12. The molecule has 0 aliphatic rings. The van der Waals surface area contributed by atoms with Crippen molar-refractivity contribution >= 4 is 23.2 Å². The van der Waals surface area contributed by atoms with E-state index in [1.165, 1.54) is 11.3 Å². The Morgan fingerprint density at radius 1 is 1.16 bits per heavy atom. The van der Waals surface area contributed by atoms with Gasteiger partial charge in [0.25, 0.3) is 11.8 Å². The van der Waals surface area contributed by atoms with Crippen LogP contribution < -0.4 is 16.4 Å². The molecule has 0 saturated heterocycles. The number of hydrogen-bond acceptors (Lipinski definition) is 4. The number of rotatable bonds is 8. The van der Waals surface area contributed by atoms with Crippen LogP contribution in [0, 0.1) is 0 Å². The lowest BCUT2D eigenvalue weighted by Gasteiger charge is -2.20. The number of nitrogens with one attached hydrogen (secondary N) is 2. The van der Waals surface area contributed by atoms with Gasteiger partial charge in [-0.3, -0.25) is 9.59 Å². The summed E-state index contributed by atoms with van der Waals surface area (Å²) in [5, 5.41) is 6.51. The SMILES string of the molecule is NCC(F)(F)CNC(=O)C(Cc1ccccc1)NC(=O)c1cccs1. The van der Waals surface area contributed by atoms with Gasteiger partial charge in [-0.25, -0.2) is 8.78 Å². The molecule has 2 amide bonds. The largest absolute Gasteiger partial charge is 0.348 e. The predicted molar refractivity (Wildman–Crippen MR) is 92.7 cm³/mol. The molecule has 1 heterocycles. The van der Waals surface area contributed by atoms with Crippen LogP contribution in [0.15, 0.2) is 47.8 Å². The molecule has 25 heavy (non-hydrogen) atoms. The second-order valence-electron chi connectivity index (χ2n) is 5.47. The maximum Gasteiger partial charge on any atom is 0.277 e. The van der Waals surface area contributed by atoms with Crippen LogP contribution in [0.5, 0.6) is 0 Å². The molecule has 0 spiro atoms. The Morgan fingerprint density at radius 3 is 2.48 bits per heavy atom. The Bertz CT molecular complexity index is 693. The monoisotopic (exact) mass is 367 g/mol. The lowest BCUT2D eigenvalue weighted by atomic mass is 10.0. The highest BCUT2D eigenvalue weighted by Crippen LogP contribution is 2.11. The van der Waals surface area contributed by atoms with Crippen LogP contribution in [0.4, 0.5) is 8.78 Å². The van der Waals surface area contributed by atoms with E-state index in [4.69, 9.17) is 5.73 Å². The highest BCUT2D eigenvalue weighted by atomic mass is 32.1. The van der Waals surface area contributed by atoms with Crippen molar-refractivity contribution in [3.05, 3.63) is 58.3 Å². The first-order valence-corrected chi connectivity index (χ1v) is 8.53. The molecule has 0 saturated carbocycles. The molecule has 1 atom stereocenters. The Balaban J connectivity index is 2.08. The van der Waals surface area contributed by atoms with Gasteiger partial charge in [0.1, 0.15) is 6.04 Å². The number of hydrogen-bond donors (Lipinski definition) is 3. The second-order valence-corrected chi connectivity index (χ2v) is 6.42. The van der Waals surface area contributed by atoms with Crippen molar-refractivity contribution in [1.29, 1.82) is 0 Å². The van der Waals surface area contributed by atoms with E-state index < -0.39 is 36.9 Å². The van der Waals surface area contributed by atoms with Crippen LogP contribution in [0.25, 0.3) is 0 Å². The number of benzene rings is 1. The van der Waals surface area contributed by atoms with Crippen LogP contribution in [-0.2, 0) is 11.2 Å². The first-order chi connectivity index (χ1) is 11.9. The fraction of sp³-hybridized carbons (Fsp3) is 0.294. The number of amides is 2. The minimum Gasteiger partial charge on any atom is -0.348 e. The van der Waals surface area contributed by atoms with Crippen LogP contribution in [-0.4, -0.2) is 36.9 Å². The lowest BCUT2D eigenvalue weighted by Crippen LogP contribution is -2.51. The molecule has 0 bridgehead atoms. The Hall–Kier alpha value is -2.32. The minimum absolute atomic E-state index is 0.192. The first-order valence-electron chi connectivity index (χ1n) is 7.65. The van der Waals surface area contributed by atoms with Gasteiger partial charge in [-0.05, 0) is 17.0 Å². The standard InChI is InChI=1S/C17H19F2N3O2S/c18-17(19,10-20)11-21-15(23)13(9-12-5-2-1-3-6-12)22-16(24)14-7-4-8-25-14/h1-8,13H,9-11,20H2,(H,21,23)(H,22,24). The van der Waals surface area contributed by atoms with E-state index in [2.05, 4.69) is 10.6 Å². The molecule has 4 N–H and O–H groups in total. The topological polar surface area (TPSA) is 84.2 Å². The van der Waals surface area contributed by atoms with Gasteiger partial charge in [0.05, 0.1) is 18.0 Å². The number of nitrogens with two attached hydrogens (primary N) is 1. The van der Waals surface area contributed by atoms with Crippen LogP contribution in [0.2, 0.25) is 0 Å². The molecule has 0 aliphatic heterocycles. The third-order valence-corrected chi connectivity index (χ3v) is 4.34. The summed E-state index contributed by atoms with van der Waals surface area (Å²) in [7, 11) is 0. The van der Waals surface area contributed by atoms with Crippen molar-refractivity contribution < 1.29 is 18.4 Å². The van der Waals surface area contributed by atoms with E-state index in [9.17, 15) is 18.4 Å². The van der Waals surface area contributed by atoms with Crippen molar-refractivity contribution in [2.45, 2.75) is 18.4 Å². The molecule has 5 nitrogen and oxygen atoms in total. The van der Waals surface area contributed by atoms with Gasteiger partial charge in [0, 0.05) is 6.42 Å². The number of halogens is 2. The third kappa shape index (κ3) is 5.91. The van der Waals surface area contributed by atoms with Gasteiger partial charge >= 0.3 is 0 Å². The second kappa shape index (κ2) is 8.68. The maximum atomic E-state index is 13.3. The molecule has 0 radical (unpaired) electrons. The normalized spacial score (nSPS) is 12.4. The average molecular weight is 367 g/mol. The number of carbonyl (C=O) groups is 2. The summed E-state index contributed by atoms with van der Waals surface area (Å²) in [5.74, 6) is -4.29. The molecular formula is C17H19F2N3O2S. The smallest absolute Gasteiger partial charge is 0.277 e.